The molecule has 0 radical (unpaired) electrons. The van der Waals surface area contributed by atoms with Gasteiger partial charge in [-0.3, -0.25) is 9.59 Å². The molecule has 2 amide bonds. The van der Waals surface area contributed by atoms with Crippen LogP contribution in [0.4, 0.5) is 0 Å². The molecule has 0 aromatic heterocycles. The Hall–Kier alpha value is 0.286. The Morgan fingerprint density at radius 1 is 1.00 bits per heavy atom. The minimum atomic E-state index is -0.447. The van der Waals surface area contributed by atoms with Gasteiger partial charge in [-0.25, -0.2) is 0 Å². The van der Waals surface area contributed by atoms with E-state index >= 15 is 0 Å². The van der Waals surface area contributed by atoms with Gasteiger partial charge in [0.15, 0.2) is 0 Å². The summed E-state index contributed by atoms with van der Waals surface area (Å²) in [6.45, 7) is 0. The number of hydrogen-bond acceptors (Lipinski definition) is 2. The van der Waals surface area contributed by atoms with Crippen LogP contribution < -0.4 is 0 Å². The van der Waals surface area contributed by atoms with Gasteiger partial charge in [0.05, 0.1) is 11.1 Å². The Morgan fingerprint density at radius 3 is 1.77 bits per heavy atom. The molecule has 0 aliphatic carbocycles. The van der Waals surface area contributed by atoms with E-state index in [9.17, 15) is 9.59 Å². The van der Waals surface area contributed by atoms with E-state index in [0.717, 1.165) is 0 Å². The van der Waals surface area contributed by atoms with Crippen LogP contribution in [-0.2, 0) is 0 Å². The molecule has 62 valence electrons. The Morgan fingerprint density at radius 2 is 1.38 bits per heavy atom. The van der Waals surface area contributed by atoms with Gasteiger partial charge in [0, 0.05) is 11.8 Å². The SMILES string of the molecule is O=C1c2ccccc2C(=O)N1Cl.[KH]. The van der Waals surface area contributed by atoms with Crippen molar-refractivity contribution < 1.29 is 9.59 Å². The average molecular weight is 222 g/mol. The predicted octanol–water partition coefficient (Wildman–Crippen LogP) is 0.788. The molecular formula is C8H5ClKNO2. The fourth-order valence-corrected chi connectivity index (χ4v) is 1.34. The van der Waals surface area contributed by atoms with Crippen molar-refractivity contribution in [2.75, 3.05) is 0 Å². The summed E-state index contributed by atoms with van der Waals surface area (Å²) in [6, 6.07) is 6.55. The molecule has 1 aromatic carbocycles. The molecule has 0 saturated heterocycles. The van der Waals surface area contributed by atoms with Gasteiger partial charge in [0.2, 0.25) is 0 Å². The number of nitrogens with zero attached hydrogens (tertiary/aromatic N) is 1. The van der Waals surface area contributed by atoms with Crippen molar-refractivity contribution in [3.63, 3.8) is 0 Å². The van der Waals surface area contributed by atoms with E-state index in [1.807, 2.05) is 0 Å². The van der Waals surface area contributed by atoms with Gasteiger partial charge in [0.25, 0.3) is 11.8 Å². The van der Waals surface area contributed by atoms with Crippen LogP contribution >= 0.6 is 11.8 Å². The Bertz CT molecular complexity index is 345. The zero-order chi connectivity index (χ0) is 8.72. The van der Waals surface area contributed by atoms with Crippen molar-refractivity contribution in [2.45, 2.75) is 0 Å². The van der Waals surface area contributed by atoms with Crippen molar-refractivity contribution >= 4 is 75.0 Å². The first-order valence-electron chi connectivity index (χ1n) is 3.35. The van der Waals surface area contributed by atoms with E-state index in [2.05, 4.69) is 0 Å². The molecule has 0 spiro atoms. The van der Waals surface area contributed by atoms with Crippen LogP contribution in [0, 0.1) is 0 Å². The van der Waals surface area contributed by atoms with Gasteiger partial charge in [-0.2, -0.15) is 4.42 Å². The van der Waals surface area contributed by atoms with Gasteiger partial charge in [-0.15, -0.1) is 0 Å². The van der Waals surface area contributed by atoms with Crippen molar-refractivity contribution in [2.24, 2.45) is 0 Å². The molecule has 2 rings (SSSR count). The van der Waals surface area contributed by atoms with E-state index in [0.29, 0.717) is 15.5 Å². The molecule has 0 bridgehead atoms. The molecule has 0 saturated carbocycles. The first kappa shape index (κ1) is 11.4. The van der Waals surface area contributed by atoms with Gasteiger partial charge in [0.1, 0.15) is 0 Å². The Kier molecular flexibility index (Phi) is 3.68. The molecule has 1 aliphatic rings. The molecular weight excluding hydrogens is 217 g/mol. The summed E-state index contributed by atoms with van der Waals surface area (Å²) in [6.07, 6.45) is 0. The van der Waals surface area contributed by atoms with Gasteiger partial charge < -0.3 is 0 Å². The molecule has 0 unspecified atom stereocenters. The van der Waals surface area contributed by atoms with Crippen LogP contribution in [0.2, 0.25) is 0 Å². The van der Waals surface area contributed by atoms with Gasteiger partial charge >= 0.3 is 51.4 Å². The molecule has 13 heavy (non-hydrogen) atoms. The molecule has 1 heterocycles. The molecule has 3 nitrogen and oxygen atoms in total. The van der Waals surface area contributed by atoms with Gasteiger partial charge in [-0.1, -0.05) is 12.1 Å². The van der Waals surface area contributed by atoms with E-state index < -0.39 is 11.8 Å². The van der Waals surface area contributed by atoms with Crippen LogP contribution in [0.3, 0.4) is 0 Å². The van der Waals surface area contributed by atoms with Crippen molar-refractivity contribution in [3.8, 4) is 0 Å². The third kappa shape index (κ3) is 1.75. The first-order chi connectivity index (χ1) is 5.72. The van der Waals surface area contributed by atoms with Crippen LogP contribution in [0.5, 0.6) is 0 Å². The second-order valence-corrected chi connectivity index (χ2v) is 2.77. The molecule has 0 fully saturated rings. The number of rotatable bonds is 0. The first-order valence-corrected chi connectivity index (χ1v) is 3.69. The topological polar surface area (TPSA) is 37.4 Å². The zero-order valence-corrected chi connectivity index (χ0v) is 6.71. The zero-order valence-electron chi connectivity index (χ0n) is 5.95. The van der Waals surface area contributed by atoms with Crippen LogP contribution in [0.1, 0.15) is 20.7 Å². The summed E-state index contributed by atoms with van der Waals surface area (Å²) in [5.74, 6) is -0.894. The quantitative estimate of drug-likeness (QED) is 0.369. The van der Waals surface area contributed by atoms with Crippen LogP contribution in [0.25, 0.3) is 0 Å². The number of carbonyl (C=O) groups excluding carboxylic acids is 2. The number of benzene rings is 1. The van der Waals surface area contributed by atoms with Crippen LogP contribution in [0.15, 0.2) is 24.3 Å². The summed E-state index contributed by atoms with van der Waals surface area (Å²) in [5, 5.41) is 0. The number of fused-ring (bicyclic) bond motifs is 1. The van der Waals surface area contributed by atoms with Crippen molar-refractivity contribution in [1.82, 2.24) is 4.42 Å². The molecule has 1 aromatic rings. The van der Waals surface area contributed by atoms with Crippen molar-refractivity contribution in [1.29, 1.82) is 0 Å². The van der Waals surface area contributed by atoms with E-state index in [1.54, 1.807) is 24.3 Å². The van der Waals surface area contributed by atoms with Crippen molar-refractivity contribution in [3.05, 3.63) is 35.4 Å². The maximum atomic E-state index is 11.2. The maximum absolute atomic E-state index is 11.2. The average Bonchev–Trinajstić information content (AvgIpc) is 2.33. The van der Waals surface area contributed by atoms with Gasteiger partial charge in [-0.05, 0) is 12.1 Å². The fourth-order valence-electron chi connectivity index (χ4n) is 1.16. The standard InChI is InChI=1S/C8H4ClNO2.K.H/c9-10-7(11)5-3-1-2-4-6(5)8(10)12;;/h1-4H;;. The number of hydrogen-bond donors (Lipinski definition) is 0. The molecule has 0 N–H and O–H groups in total. The summed E-state index contributed by atoms with van der Waals surface area (Å²) in [4.78, 5) is 22.4. The third-order valence-corrected chi connectivity index (χ3v) is 2.05. The fraction of sp³-hybridized carbons (Fsp3) is 0. The second kappa shape index (κ2) is 4.21. The summed E-state index contributed by atoms with van der Waals surface area (Å²) in [7, 11) is 0. The Balaban J connectivity index is 0.000000845. The van der Waals surface area contributed by atoms with E-state index in [1.165, 1.54) is 0 Å². The number of amides is 2. The molecule has 1 aliphatic heterocycles. The minimum absolute atomic E-state index is 0. The molecule has 0 atom stereocenters. The van der Waals surface area contributed by atoms with E-state index in [-0.39, 0.29) is 51.4 Å². The normalized spacial score (nSPS) is 14.1. The number of imide groups is 1. The Labute approximate surface area is 123 Å². The molecule has 5 heteroatoms. The van der Waals surface area contributed by atoms with E-state index in [4.69, 9.17) is 11.8 Å². The summed E-state index contributed by atoms with van der Waals surface area (Å²) < 4.78 is 0.602. The third-order valence-electron chi connectivity index (χ3n) is 1.74. The number of carbonyl (C=O) groups is 2. The summed E-state index contributed by atoms with van der Waals surface area (Å²) in [5.41, 5.74) is 0.745. The predicted molar refractivity (Wildman–Crippen MR) is 49.9 cm³/mol. The monoisotopic (exact) mass is 221 g/mol. The second-order valence-electron chi connectivity index (χ2n) is 2.44. The summed E-state index contributed by atoms with van der Waals surface area (Å²) >= 11 is 5.41. The van der Waals surface area contributed by atoms with Crippen LogP contribution in [-0.4, -0.2) is 67.6 Å². The number of halogens is 1.